The molecule has 0 saturated carbocycles. The molecule has 0 spiro atoms. The highest BCUT2D eigenvalue weighted by Crippen LogP contribution is 2.20. The zero-order valence-electron chi connectivity index (χ0n) is 16.9. The van der Waals surface area contributed by atoms with Crippen LogP contribution in [-0.2, 0) is 13.2 Å². The molecule has 4 rings (SSSR count). The SMILES string of the molecule is COc1ccc(-c2noc(COc3cccc(C(=O)NCc4ccccc4)c3)n2)cc1. The molecular formula is C24H21N3O4. The highest BCUT2D eigenvalue weighted by atomic mass is 16.5. The quantitative estimate of drug-likeness (QED) is 0.463. The summed E-state index contributed by atoms with van der Waals surface area (Å²) < 4.78 is 16.2. The van der Waals surface area contributed by atoms with Gasteiger partial charge in [-0.15, -0.1) is 0 Å². The molecule has 1 N–H and O–H groups in total. The Morgan fingerprint density at radius 3 is 2.55 bits per heavy atom. The van der Waals surface area contributed by atoms with Gasteiger partial charge < -0.3 is 19.3 Å². The normalized spacial score (nSPS) is 10.5. The number of ether oxygens (including phenoxy) is 2. The van der Waals surface area contributed by atoms with E-state index in [1.807, 2.05) is 54.6 Å². The second-order valence-electron chi connectivity index (χ2n) is 6.73. The van der Waals surface area contributed by atoms with Gasteiger partial charge in [-0.05, 0) is 48.0 Å². The van der Waals surface area contributed by atoms with Crippen LogP contribution >= 0.6 is 0 Å². The van der Waals surface area contributed by atoms with Crippen molar-refractivity contribution in [3.8, 4) is 22.9 Å². The molecule has 0 fully saturated rings. The van der Waals surface area contributed by atoms with Gasteiger partial charge in [0.05, 0.1) is 7.11 Å². The van der Waals surface area contributed by atoms with E-state index in [0.29, 0.717) is 29.6 Å². The number of hydrogen-bond acceptors (Lipinski definition) is 6. The number of carbonyl (C=O) groups excluding carboxylic acids is 1. The molecule has 0 radical (unpaired) electrons. The van der Waals surface area contributed by atoms with E-state index in [1.165, 1.54) is 0 Å². The van der Waals surface area contributed by atoms with E-state index >= 15 is 0 Å². The average Bonchev–Trinajstić information content (AvgIpc) is 3.31. The van der Waals surface area contributed by atoms with Gasteiger partial charge in [-0.2, -0.15) is 4.98 Å². The number of nitrogens with one attached hydrogen (secondary N) is 1. The summed E-state index contributed by atoms with van der Waals surface area (Å²) in [5.74, 6) is 1.92. The standard InChI is InChI=1S/C24H21N3O4/c1-29-20-12-10-18(11-13-20)23-26-22(31-27-23)16-30-21-9-5-8-19(14-21)24(28)25-15-17-6-3-2-4-7-17/h2-14H,15-16H2,1H3,(H,25,28). The zero-order chi connectivity index (χ0) is 21.5. The molecule has 7 nitrogen and oxygen atoms in total. The van der Waals surface area contributed by atoms with Crippen molar-refractivity contribution in [2.45, 2.75) is 13.2 Å². The number of rotatable bonds is 8. The number of hydrogen-bond donors (Lipinski definition) is 1. The van der Waals surface area contributed by atoms with Crippen molar-refractivity contribution >= 4 is 5.91 Å². The van der Waals surface area contributed by atoms with Crippen molar-refractivity contribution in [2.75, 3.05) is 7.11 Å². The molecule has 156 valence electrons. The lowest BCUT2D eigenvalue weighted by Crippen LogP contribution is -2.22. The van der Waals surface area contributed by atoms with Crippen molar-refractivity contribution < 1.29 is 18.8 Å². The number of benzene rings is 3. The summed E-state index contributed by atoms with van der Waals surface area (Å²) in [6.45, 7) is 0.555. The molecule has 1 aromatic heterocycles. The van der Waals surface area contributed by atoms with Crippen LogP contribution in [0.3, 0.4) is 0 Å². The summed E-state index contributed by atoms with van der Waals surface area (Å²) in [5.41, 5.74) is 2.36. The summed E-state index contributed by atoms with van der Waals surface area (Å²) in [7, 11) is 1.61. The van der Waals surface area contributed by atoms with Gasteiger partial charge in [-0.3, -0.25) is 4.79 Å². The van der Waals surface area contributed by atoms with Crippen LogP contribution in [0.1, 0.15) is 21.8 Å². The Labute approximate surface area is 179 Å². The third kappa shape index (κ3) is 5.27. The Morgan fingerprint density at radius 2 is 1.77 bits per heavy atom. The van der Waals surface area contributed by atoms with E-state index in [9.17, 15) is 4.79 Å². The Kier molecular flexibility index (Phi) is 6.23. The highest BCUT2D eigenvalue weighted by molar-refractivity contribution is 5.94. The molecule has 31 heavy (non-hydrogen) atoms. The van der Waals surface area contributed by atoms with Crippen molar-refractivity contribution in [2.24, 2.45) is 0 Å². The van der Waals surface area contributed by atoms with Gasteiger partial charge in [-0.25, -0.2) is 0 Å². The van der Waals surface area contributed by atoms with Crippen molar-refractivity contribution in [1.29, 1.82) is 0 Å². The minimum absolute atomic E-state index is 0.0955. The third-order valence-electron chi connectivity index (χ3n) is 4.57. The van der Waals surface area contributed by atoms with Crippen molar-refractivity contribution in [3.05, 3.63) is 95.9 Å². The van der Waals surface area contributed by atoms with E-state index in [0.717, 1.165) is 16.9 Å². The third-order valence-corrected chi connectivity index (χ3v) is 4.57. The maximum absolute atomic E-state index is 12.4. The van der Waals surface area contributed by atoms with Crippen molar-refractivity contribution in [3.63, 3.8) is 0 Å². The smallest absolute Gasteiger partial charge is 0.264 e. The molecule has 1 amide bonds. The van der Waals surface area contributed by atoms with Crippen LogP contribution in [0, 0.1) is 0 Å². The lowest BCUT2D eigenvalue weighted by molar-refractivity contribution is 0.0950. The lowest BCUT2D eigenvalue weighted by Gasteiger charge is -2.08. The molecule has 3 aromatic carbocycles. The van der Waals surface area contributed by atoms with Gasteiger partial charge >= 0.3 is 0 Å². The number of nitrogens with zero attached hydrogens (tertiary/aromatic N) is 2. The largest absolute Gasteiger partial charge is 0.497 e. The maximum Gasteiger partial charge on any atom is 0.264 e. The first kappa shape index (κ1) is 20.2. The first-order valence-electron chi connectivity index (χ1n) is 9.73. The number of aromatic nitrogens is 2. The molecule has 0 bridgehead atoms. The van der Waals surface area contributed by atoms with E-state index in [2.05, 4.69) is 15.5 Å². The second-order valence-corrected chi connectivity index (χ2v) is 6.73. The van der Waals surface area contributed by atoms with Gasteiger partial charge in [0.1, 0.15) is 11.5 Å². The zero-order valence-corrected chi connectivity index (χ0v) is 16.9. The lowest BCUT2D eigenvalue weighted by atomic mass is 10.2. The first-order chi connectivity index (χ1) is 15.2. The van der Waals surface area contributed by atoms with Gasteiger partial charge in [0.15, 0.2) is 6.61 Å². The summed E-state index contributed by atoms with van der Waals surface area (Å²) in [5, 5.41) is 6.88. The van der Waals surface area contributed by atoms with E-state index in [1.54, 1.807) is 31.4 Å². The first-order valence-corrected chi connectivity index (χ1v) is 9.73. The van der Waals surface area contributed by atoms with Crippen LogP contribution in [0.4, 0.5) is 0 Å². The van der Waals surface area contributed by atoms with Gasteiger partial charge in [0.25, 0.3) is 11.8 Å². The molecule has 0 saturated heterocycles. The van der Waals surface area contributed by atoms with Crippen LogP contribution in [0.25, 0.3) is 11.4 Å². The molecule has 0 aliphatic rings. The molecule has 0 aliphatic heterocycles. The van der Waals surface area contributed by atoms with Crippen molar-refractivity contribution in [1.82, 2.24) is 15.5 Å². The molecule has 1 heterocycles. The van der Waals surface area contributed by atoms with E-state index < -0.39 is 0 Å². The van der Waals surface area contributed by atoms with E-state index in [-0.39, 0.29) is 12.5 Å². The van der Waals surface area contributed by atoms with Gasteiger partial charge in [0.2, 0.25) is 5.82 Å². The molecule has 7 heteroatoms. The van der Waals surface area contributed by atoms with Crippen LogP contribution in [0.5, 0.6) is 11.5 Å². The Morgan fingerprint density at radius 1 is 0.968 bits per heavy atom. The predicted molar refractivity (Wildman–Crippen MR) is 115 cm³/mol. The number of carbonyl (C=O) groups is 1. The monoisotopic (exact) mass is 415 g/mol. The Bertz CT molecular complexity index is 1140. The summed E-state index contributed by atoms with van der Waals surface area (Å²) in [6, 6.07) is 24.1. The molecule has 0 aliphatic carbocycles. The number of amides is 1. The minimum atomic E-state index is -0.172. The molecule has 0 atom stereocenters. The minimum Gasteiger partial charge on any atom is -0.497 e. The topological polar surface area (TPSA) is 86.5 Å². The average molecular weight is 415 g/mol. The van der Waals surface area contributed by atoms with Crippen LogP contribution in [-0.4, -0.2) is 23.2 Å². The van der Waals surface area contributed by atoms with Crippen LogP contribution in [0.2, 0.25) is 0 Å². The fourth-order valence-corrected chi connectivity index (χ4v) is 2.92. The molecular weight excluding hydrogens is 394 g/mol. The second kappa shape index (κ2) is 9.58. The maximum atomic E-state index is 12.4. The Hall–Kier alpha value is -4.13. The summed E-state index contributed by atoms with van der Waals surface area (Å²) in [6.07, 6.45) is 0. The Balaban J connectivity index is 1.35. The fourth-order valence-electron chi connectivity index (χ4n) is 2.92. The van der Waals surface area contributed by atoms with Crippen LogP contribution < -0.4 is 14.8 Å². The predicted octanol–water partition coefficient (Wildman–Crippen LogP) is 4.25. The summed E-state index contributed by atoms with van der Waals surface area (Å²) in [4.78, 5) is 16.8. The fraction of sp³-hybridized carbons (Fsp3) is 0.125. The van der Waals surface area contributed by atoms with Gasteiger partial charge in [0, 0.05) is 17.7 Å². The molecule has 0 unspecified atom stereocenters. The van der Waals surface area contributed by atoms with Gasteiger partial charge in [-0.1, -0.05) is 41.6 Å². The molecule has 4 aromatic rings. The summed E-state index contributed by atoms with van der Waals surface area (Å²) >= 11 is 0. The number of methoxy groups -OCH3 is 1. The van der Waals surface area contributed by atoms with E-state index in [4.69, 9.17) is 14.0 Å². The van der Waals surface area contributed by atoms with Crippen LogP contribution in [0.15, 0.2) is 83.4 Å². The highest BCUT2D eigenvalue weighted by Gasteiger charge is 2.11.